The molecular weight excluding hydrogens is 417 g/mol. The Balaban J connectivity index is 1.34. The van der Waals surface area contributed by atoms with Crippen LogP contribution in [0.3, 0.4) is 0 Å². The fourth-order valence-corrected chi connectivity index (χ4v) is 6.45. The molecule has 30 heavy (non-hydrogen) atoms. The molecule has 3 nitrogen and oxygen atoms in total. The van der Waals surface area contributed by atoms with Crippen molar-refractivity contribution in [2.24, 2.45) is 5.92 Å². The van der Waals surface area contributed by atoms with Crippen LogP contribution in [-0.4, -0.2) is 35.6 Å². The molecule has 0 amide bonds. The monoisotopic (exact) mass is 451 g/mol. The third-order valence-corrected chi connectivity index (χ3v) is 8.32. The number of carbonyl (C=O) groups excluding carboxylic acids is 1. The zero-order valence-electron chi connectivity index (χ0n) is 18.1. The highest BCUT2D eigenvalue weighted by Gasteiger charge is 2.56. The maximum absolute atomic E-state index is 12.6. The summed E-state index contributed by atoms with van der Waals surface area (Å²) in [6.45, 7) is 3.14. The predicted molar refractivity (Wildman–Crippen MR) is 123 cm³/mol. The van der Waals surface area contributed by atoms with Crippen molar-refractivity contribution in [2.45, 2.75) is 102 Å². The summed E-state index contributed by atoms with van der Waals surface area (Å²) in [4.78, 5) is 15.2. The predicted octanol–water partition coefficient (Wildman–Crippen LogP) is 7.00. The fourth-order valence-electron chi connectivity index (χ4n) is 6.14. The lowest BCUT2D eigenvalue weighted by Gasteiger charge is -2.37. The van der Waals surface area contributed by atoms with Crippen molar-refractivity contribution in [3.63, 3.8) is 0 Å². The van der Waals surface area contributed by atoms with Gasteiger partial charge in [-0.15, -0.1) is 0 Å². The highest BCUT2D eigenvalue weighted by Crippen LogP contribution is 2.53. The van der Waals surface area contributed by atoms with Crippen molar-refractivity contribution in [1.82, 2.24) is 4.90 Å². The lowest BCUT2D eigenvalue weighted by molar-refractivity contribution is -0.150. The quantitative estimate of drug-likeness (QED) is 0.283. The Morgan fingerprint density at radius 2 is 1.83 bits per heavy atom. The Labute approximate surface area is 191 Å². The summed E-state index contributed by atoms with van der Waals surface area (Å²) in [5.74, 6) is 0.762. The number of halogens is 2. The van der Waals surface area contributed by atoms with Crippen molar-refractivity contribution in [1.29, 1.82) is 0 Å². The van der Waals surface area contributed by atoms with Gasteiger partial charge in [-0.2, -0.15) is 0 Å². The number of hydrogen-bond donors (Lipinski definition) is 0. The Morgan fingerprint density at radius 1 is 1.07 bits per heavy atom. The Bertz CT molecular complexity index is 740. The molecule has 3 fully saturated rings. The molecular formula is C25H35Cl2NO2. The van der Waals surface area contributed by atoms with Crippen LogP contribution in [-0.2, 0) is 9.53 Å². The molecule has 1 aromatic rings. The summed E-state index contributed by atoms with van der Waals surface area (Å²) >= 11 is 12.5. The van der Waals surface area contributed by atoms with Gasteiger partial charge in [0.25, 0.3) is 0 Å². The minimum atomic E-state index is -0.00827. The van der Waals surface area contributed by atoms with E-state index in [2.05, 4.69) is 17.9 Å². The largest absolute Gasteiger partial charge is 0.461 e. The minimum Gasteiger partial charge on any atom is -0.461 e. The van der Waals surface area contributed by atoms with E-state index in [-0.39, 0.29) is 12.1 Å². The molecule has 0 saturated carbocycles. The number of unbranched alkanes of at least 4 members (excludes halogenated alkanes) is 6. The van der Waals surface area contributed by atoms with Gasteiger partial charge >= 0.3 is 5.97 Å². The zero-order chi connectivity index (χ0) is 21.1. The molecule has 0 spiro atoms. The van der Waals surface area contributed by atoms with E-state index in [1.807, 2.05) is 12.1 Å². The Kier molecular flexibility index (Phi) is 7.65. The third kappa shape index (κ3) is 4.84. The van der Waals surface area contributed by atoms with Gasteiger partial charge < -0.3 is 4.74 Å². The number of ether oxygens (including phenoxy) is 1. The van der Waals surface area contributed by atoms with E-state index in [4.69, 9.17) is 27.9 Å². The van der Waals surface area contributed by atoms with Crippen LogP contribution in [0.25, 0.3) is 0 Å². The molecule has 5 heteroatoms. The van der Waals surface area contributed by atoms with Crippen LogP contribution in [0.4, 0.5) is 0 Å². The van der Waals surface area contributed by atoms with Crippen LogP contribution >= 0.6 is 23.2 Å². The molecule has 166 valence electrons. The van der Waals surface area contributed by atoms with Crippen molar-refractivity contribution < 1.29 is 9.53 Å². The molecule has 3 aliphatic rings. The van der Waals surface area contributed by atoms with E-state index in [9.17, 15) is 4.79 Å². The van der Waals surface area contributed by atoms with Crippen molar-refractivity contribution in [2.75, 3.05) is 6.54 Å². The number of benzene rings is 1. The molecule has 3 saturated heterocycles. The summed E-state index contributed by atoms with van der Waals surface area (Å²) < 4.78 is 6.09. The first kappa shape index (κ1) is 22.4. The molecule has 0 aromatic heterocycles. The number of piperidine rings is 1. The molecule has 0 aliphatic carbocycles. The molecule has 1 aromatic carbocycles. The van der Waals surface area contributed by atoms with Crippen LogP contribution in [0.2, 0.25) is 10.0 Å². The van der Waals surface area contributed by atoms with Crippen LogP contribution in [0.5, 0.6) is 0 Å². The first-order valence-corrected chi connectivity index (χ1v) is 12.7. The average molecular weight is 452 g/mol. The van der Waals surface area contributed by atoms with Crippen LogP contribution < -0.4 is 0 Å². The van der Waals surface area contributed by atoms with Gasteiger partial charge in [0.05, 0.1) is 10.0 Å². The van der Waals surface area contributed by atoms with Gasteiger partial charge in [0.2, 0.25) is 0 Å². The summed E-state index contributed by atoms with van der Waals surface area (Å²) in [6.07, 6.45) is 12.7. The highest BCUT2D eigenvalue weighted by molar-refractivity contribution is 6.42. The lowest BCUT2D eigenvalue weighted by atomic mass is 9.76. The lowest BCUT2D eigenvalue weighted by Crippen LogP contribution is -2.41. The molecule has 0 radical (unpaired) electrons. The molecule has 4 rings (SSSR count). The number of rotatable bonds is 10. The van der Waals surface area contributed by atoms with Gasteiger partial charge in [-0.25, -0.2) is 0 Å². The number of nitrogens with zero attached hydrogens (tertiary/aromatic N) is 1. The topological polar surface area (TPSA) is 29.5 Å². The van der Waals surface area contributed by atoms with Gasteiger partial charge in [-0.1, -0.05) is 74.7 Å². The molecule has 6 atom stereocenters. The van der Waals surface area contributed by atoms with Crippen molar-refractivity contribution >= 4 is 29.2 Å². The summed E-state index contributed by atoms with van der Waals surface area (Å²) in [6, 6.07) is 7.20. The molecule has 3 unspecified atom stereocenters. The molecule has 4 bridgehead atoms. The number of hydrogen-bond acceptors (Lipinski definition) is 3. The summed E-state index contributed by atoms with van der Waals surface area (Å²) in [7, 11) is 0. The van der Waals surface area contributed by atoms with Gasteiger partial charge in [0.1, 0.15) is 6.10 Å². The van der Waals surface area contributed by atoms with Gasteiger partial charge in [-0.3, -0.25) is 9.69 Å². The van der Waals surface area contributed by atoms with E-state index < -0.39 is 0 Å². The SMILES string of the molecule is CCCCCCCCCC(=O)OC1CN2C3CC[C@@H]2C[C@@H](c2ccc(Cl)c(Cl)c2)[C@@H]13. The van der Waals surface area contributed by atoms with Gasteiger partial charge in [-0.05, 0) is 49.3 Å². The van der Waals surface area contributed by atoms with Gasteiger partial charge in [0, 0.05) is 31.0 Å². The number of carbonyl (C=O) groups is 1. The van der Waals surface area contributed by atoms with E-state index in [1.165, 1.54) is 50.5 Å². The van der Waals surface area contributed by atoms with E-state index in [1.54, 1.807) is 0 Å². The van der Waals surface area contributed by atoms with E-state index in [0.29, 0.717) is 40.4 Å². The normalized spacial score (nSPS) is 31.8. The molecule has 0 N–H and O–H groups in total. The fraction of sp³-hybridized carbons (Fsp3) is 0.720. The smallest absolute Gasteiger partial charge is 0.306 e. The molecule has 3 aliphatic heterocycles. The maximum atomic E-state index is 12.6. The maximum Gasteiger partial charge on any atom is 0.306 e. The zero-order valence-corrected chi connectivity index (χ0v) is 19.6. The summed E-state index contributed by atoms with van der Waals surface area (Å²) in [5.41, 5.74) is 1.25. The second-order valence-electron chi connectivity index (χ2n) is 9.49. The van der Waals surface area contributed by atoms with E-state index >= 15 is 0 Å². The number of esters is 1. The standard InChI is InChI=1S/C25H35Cl2NO2/c1-2-3-4-5-6-7-8-9-24(29)30-23-16-28-18-11-13-22(28)25(23)19(15-18)17-10-12-20(26)21(27)14-17/h10,12,14,18-19,22-23,25H,2-9,11,13,15-16H2,1H3/t18-,19+,22?,23?,25-/m1/s1. The first-order chi connectivity index (χ1) is 14.6. The minimum absolute atomic E-state index is 0.00827. The third-order valence-electron chi connectivity index (χ3n) is 7.58. The second kappa shape index (κ2) is 10.2. The second-order valence-corrected chi connectivity index (χ2v) is 10.3. The van der Waals surface area contributed by atoms with Crippen LogP contribution in [0, 0.1) is 5.92 Å². The van der Waals surface area contributed by atoms with Crippen molar-refractivity contribution in [3.05, 3.63) is 33.8 Å². The molecule has 3 heterocycles. The van der Waals surface area contributed by atoms with Gasteiger partial charge in [0.15, 0.2) is 0 Å². The first-order valence-electron chi connectivity index (χ1n) is 12.0. The average Bonchev–Trinajstić information content (AvgIpc) is 3.14. The Morgan fingerprint density at radius 3 is 2.60 bits per heavy atom. The van der Waals surface area contributed by atoms with Crippen LogP contribution in [0.1, 0.15) is 89.0 Å². The van der Waals surface area contributed by atoms with Crippen LogP contribution in [0.15, 0.2) is 18.2 Å². The van der Waals surface area contributed by atoms with Crippen molar-refractivity contribution in [3.8, 4) is 0 Å². The van der Waals surface area contributed by atoms with E-state index in [0.717, 1.165) is 25.8 Å². The highest BCUT2D eigenvalue weighted by atomic mass is 35.5. The summed E-state index contributed by atoms with van der Waals surface area (Å²) in [5, 5.41) is 1.22. The Hall–Kier alpha value is -0.770.